The number of benzene rings is 1. The lowest BCUT2D eigenvalue weighted by molar-refractivity contribution is 0.195. The van der Waals surface area contributed by atoms with Crippen LogP contribution in [0.5, 0.6) is 0 Å². The third-order valence-corrected chi connectivity index (χ3v) is 5.05. The molecule has 0 radical (unpaired) electrons. The van der Waals surface area contributed by atoms with Crippen LogP contribution in [0.15, 0.2) is 30.6 Å². The van der Waals surface area contributed by atoms with Crippen molar-refractivity contribution in [2.75, 3.05) is 13.1 Å². The monoisotopic (exact) mass is 359 g/mol. The van der Waals surface area contributed by atoms with Gasteiger partial charge in [0.1, 0.15) is 12.1 Å². The van der Waals surface area contributed by atoms with Crippen LogP contribution in [0.3, 0.4) is 0 Å². The first-order valence-corrected chi connectivity index (χ1v) is 8.82. The second-order valence-electron chi connectivity index (χ2n) is 6.58. The van der Waals surface area contributed by atoms with Gasteiger partial charge >= 0.3 is 0 Å². The molecule has 7 heteroatoms. The quantitative estimate of drug-likeness (QED) is 0.716. The van der Waals surface area contributed by atoms with Gasteiger partial charge in [0.25, 0.3) is 5.78 Å². The Balaban J connectivity index is 1.58. The van der Waals surface area contributed by atoms with E-state index in [4.69, 9.17) is 11.6 Å². The van der Waals surface area contributed by atoms with E-state index in [9.17, 15) is 4.39 Å². The maximum atomic E-state index is 14.2. The molecule has 4 rings (SSSR count). The molecule has 1 unspecified atom stereocenters. The van der Waals surface area contributed by atoms with Crippen LogP contribution >= 0.6 is 11.6 Å². The first-order chi connectivity index (χ1) is 12.1. The van der Waals surface area contributed by atoms with E-state index in [1.54, 1.807) is 18.2 Å². The third kappa shape index (κ3) is 3.24. The van der Waals surface area contributed by atoms with Gasteiger partial charge in [-0.25, -0.2) is 13.9 Å². The minimum Gasteiger partial charge on any atom is -0.298 e. The van der Waals surface area contributed by atoms with Gasteiger partial charge in [-0.05, 0) is 38.4 Å². The maximum Gasteiger partial charge on any atom is 0.252 e. The topological polar surface area (TPSA) is 46.3 Å². The Hall–Kier alpha value is -2.05. The van der Waals surface area contributed by atoms with Gasteiger partial charge in [-0.3, -0.25) is 4.90 Å². The summed E-state index contributed by atoms with van der Waals surface area (Å²) in [7, 11) is 0. The zero-order chi connectivity index (χ0) is 17.4. The summed E-state index contributed by atoms with van der Waals surface area (Å²) in [5, 5.41) is 4.50. The summed E-state index contributed by atoms with van der Waals surface area (Å²) >= 11 is 5.91. The second-order valence-corrected chi connectivity index (χ2v) is 6.99. The van der Waals surface area contributed by atoms with E-state index >= 15 is 0 Å². The van der Waals surface area contributed by atoms with Crippen LogP contribution in [0.2, 0.25) is 5.02 Å². The molecule has 1 saturated heterocycles. The highest BCUT2D eigenvalue weighted by molar-refractivity contribution is 6.30. The van der Waals surface area contributed by atoms with Crippen LogP contribution < -0.4 is 0 Å². The number of halogens is 2. The highest BCUT2D eigenvalue weighted by atomic mass is 35.5. The van der Waals surface area contributed by atoms with E-state index in [2.05, 4.69) is 26.0 Å². The summed E-state index contributed by atoms with van der Waals surface area (Å²) in [4.78, 5) is 10.9. The van der Waals surface area contributed by atoms with Crippen molar-refractivity contribution in [1.29, 1.82) is 0 Å². The summed E-state index contributed by atoms with van der Waals surface area (Å²) in [6.45, 7) is 4.34. The van der Waals surface area contributed by atoms with Crippen LogP contribution in [0.4, 0.5) is 4.39 Å². The van der Waals surface area contributed by atoms with E-state index in [0.29, 0.717) is 23.8 Å². The SMILES string of the molecule is Cc1cc(C2CCCN(Cc3cccc(Cl)c3F)C2)n2ncnc2n1. The smallest absolute Gasteiger partial charge is 0.252 e. The highest BCUT2D eigenvalue weighted by Gasteiger charge is 2.25. The van der Waals surface area contributed by atoms with Crippen molar-refractivity contribution in [3.63, 3.8) is 0 Å². The van der Waals surface area contributed by atoms with Gasteiger partial charge in [0.2, 0.25) is 0 Å². The lowest BCUT2D eigenvalue weighted by atomic mass is 9.93. The van der Waals surface area contributed by atoms with Crippen molar-refractivity contribution in [3.8, 4) is 0 Å². The van der Waals surface area contributed by atoms with Crippen LogP contribution in [0.1, 0.15) is 35.7 Å². The van der Waals surface area contributed by atoms with Crippen LogP contribution in [-0.2, 0) is 6.54 Å². The largest absolute Gasteiger partial charge is 0.298 e. The Kier molecular flexibility index (Phi) is 4.39. The molecule has 1 aliphatic heterocycles. The van der Waals surface area contributed by atoms with E-state index in [1.807, 2.05) is 11.4 Å². The third-order valence-electron chi connectivity index (χ3n) is 4.76. The zero-order valence-electron chi connectivity index (χ0n) is 14.0. The molecule has 1 aromatic carbocycles. The molecule has 0 amide bonds. The second kappa shape index (κ2) is 6.69. The first kappa shape index (κ1) is 16.4. The van der Waals surface area contributed by atoms with Crippen molar-refractivity contribution in [2.24, 2.45) is 0 Å². The van der Waals surface area contributed by atoms with Crippen molar-refractivity contribution < 1.29 is 4.39 Å². The maximum absolute atomic E-state index is 14.2. The molecule has 2 aromatic heterocycles. The first-order valence-electron chi connectivity index (χ1n) is 8.44. The summed E-state index contributed by atoms with van der Waals surface area (Å²) in [5.41, 5.74) is 2.70. The molecule has 0 saturated carbocycles. The number of fused-ring (bicyclic) bond motifs is 1. The van der Waals surface area contributed by atoms with E-state index in [1.165, 1.54) is 6.33 Å². The summed E-state index contributed by atoms with van der Waals surface area (Å²) < 4.78 is 16.0. The molecular weight excluding hydrogens is 341 g/mol. The van der Waals surface area contributed by atoms with Crippen LogP contribution in [0.25, 0.3) is 5.78 Å². The fourth-order valence-corrected chi connectivity index (χ4v) is 3.80. The average Bonchev–Trinajstić information content (AvgIpc) is 3.07. The minimum atomic E-state index is -0.315. The van der Waals surface area contributed by atoms with Gasteiger partial charge in [-0.15, -0.1) is 0 Å². The van der Waals surface area contributed by atoms with Gasteiger partial charge in [0.05, 0.1) is 10.7 Å². The number of hydrogen-bond donors (Lipinski definition) is 0. The van der Waals surface area contributed by atoms with Crippen molar-refractivity contribution >= 4 is 17.4 Å². The number of aryl methyl sites for hydroxylation is 1. The number of likely N-dealkylation sites (tertiary alicyclic amines) is 1. The Bertz CT molecular complexity index is 910. The number of hydrogen-bond acceptors (Lipinski definition) is 4. The average molecular weight is 360 g/mol. The Morgan fingerprint density at radius 3 is 3.12 bits per heavy atom. The molecule has 0 aliphatic carbocycles. The van der Waals surface area contributed by atoms with E-state index in [0.717, 1.165) is 37.3 Å². The Morgan fingerprint density at radius 2 is 2.24 bits per heavy atom. The van der Waals surface area contributed by atoms with E-state index in [-0.39, 0.29) is 10.8 Å². The Morgan fingerprint density at radius 1 is 1.36 bits per heavy atom. The molecule has 1 fully saturated rings. The van der Waals surface area contributed by atoms with Crippen LogP contribution in [-0.4, -0.2) is 37.6 Å². The molecule has 3 heterocycles. The minimum absolute atomic E-state index is 0.181. The predicted octanol–water partition coefficient (Wildman–Crippen LogP) is 3.60. The van der Waals surface area contributed by atoms with Crippen molar-refractivity contribution in [1.82, 2.24) is 24.5 Å². The summed E-state index contributed by atoms with van der Waals surface area (Å²) in [6.07, 6.45) is 3.67. The molecule has 0 N–H and O–H groups in total. The molecule has 0 bridgehead atoms. The highest BCUT2D eigenvalue weighted by Crippen LogP contribution is 2.29. The zero-order valence-corrected chi connectivity index (χ0v) is 14.7. The normalized spacial score (nSPS) is 18.8. The number of rotatable bonds is 3. The van der Waals surface area contributed by atoms with Gasteiger partial charge in [0, 0.05) is 30.3 Å². The van der Waals surface area contributed by atoms with Gasteiger partial charge in [-0.2, -0.15) is 10.1 Å². The van der Waals surface area contributed by atoms with Crippen LogP contribution in [0, 0.1) is 12.7 Å². The van der Waals surface area contributed by atoms with Gasteiger partial charge < -0.3 is 0 Å². The molecular formula is C18H19ClFN5. The van der Waals surface area contributed by atoms with Gasteiger partial charge in [-0.1, -0.05) is 23.7 Å². The fourth-order valence-electron chi connectivity index (χ4n) is 3.60. The summed E-state index contributed by atoms with van der Waals surface area (Å²) in [5.74, 6) is 0.639. The molecule has 3 aromatic rings. The Labute approximate surface area is 150 Å². The standard InChI is InChI=1S/C18H19ClFN5/c1-12-8-16(25-18(23-12)21-11-22-25)13-5-3-7-24(9-13)10-14-4-2-6-15(19)17(14)20/h2,4,6,8,11,13H,3,5,7,9-10H2,1H3. The lowest BCUT2D eigenvalue weighted by Gasteiger charge is -2.33. The predicted molar refractivity (Wildman–Crippen MR) is 94.2 cm³/mol. The lowest BCUT2D eigenvalue weighted by Crippen LogP contribution is -2.35. The molecule has 130 valence electrons. The number of nitrogens with zero attached hydrogens (tertiary/aromatic N) is 5. The van der Waals surface area contributed by atoms with Crippen molar-refractivity contribution in [2.45, 2.75) is 32.2 Å². The number of aromatic nitrogens is 4. The molecule has 0 spiro atoms. The van der Waals surface area contributed by atoms with Gasteiger partial charge in [0.15, 0.2) is 0 Å². The fraction of sp³-hybridized carbons (Fsp3) is 0.389. The van der Waals surface area contributed by atoms with E-state index < -0.39 is 0 Å². The molecule has 25 heavy (non-hydrogen) atoms. The summed E-state index contributed by atoms with van der Waals surface area (Å²) in [6, 6.07) is 7.26. The molecule has 5 nitrogen and oxygen atoms in total. The molecule has 1 aliphatic rings. The van der Waals surface area contributed by atoms with Crippen molar-refractivity contribution in [3.05, 3.63) is 58.4 Å². The number of piperidine rings is 1. The molecule has 1 atom stereocenters.